The molecule has 0 bridgehead atoms. The lowest BCUT2D eigenvalue weighted by Gasteiger charge is -2.31. The maximum absolute atomic E-state index is 13.3. The number of hydrogen-bond donors (Lipinski definition) is 4. The van der Waals surface area contributed by atoms with Crippen LogP contribution in [0.3, 0.4) is 0 Å². The van der Waals surface area contributed by atoms with E-state index in [-0.39, 0.29) is 24.3 Å². The largest absolute Gasteiger partial charge is 0.476 e. The summed E-state index contributed by atoms with van der Waals surface area (Å²) in [7, 11) is 0. The van der Waals surface area contributed by atoms with E-state index in [0.717, 1.165) is 46.2 Å². The van der Waals surface area contributed by atoms with Crippen molar-refractivity contribution in [1.29, 1.82) is 0 Å². The standard InChI is InChI=1S/C28H28N4O4S/c1-28(2)27(35)31-20-13-19-18(12-21(20)36-28)24(17(14-33)11-15-3-4-15)25(30-19)32-26(34)23-6-5-22(37-23)16-7-9-29-10-8-16/h5-10,12-13,15,17,30,33H,3-4,11,14H2,1-2H3,(H,31,35)(H,32,34). The minimum Gasteiger partial charge on any atom is -0.476 e. The summed E-state index contributed by atoms with van der Waals surface area (Å²) in [6, 6.07) is 11.3. The molecule has 1 saturated carbocycles. The van der Waals surface area contributed by atoms with Crippen molar-refractivity contribution < 1.29 is 19.4 Å². The summed E-state index contributed by atoms with van der Waals surface area (Å²) in [5, 5.41) is 17.2. The molecule has 1 aliphatic heterocycles. The molecule has 0 radical (unpaired) electrons. The van der Waals surface area contributed by atoms with Crippen molar-refractivity contribution in [1.82, 2.24) is 9.97 Å². The maximum Gasteiger partial charge on any atom is 0.268 e. The molecule has 2 amide bonds. The van der Waals surface area contributed by atoms with E-state index in [9.17, 15) is 14.7 Å². The van der Waals surface area contributed by atoms with E-state index in [0.29, 0.717) is 28.0 Å². The number of fused-ring (bicyclic) bond motifs is 2. The van der Waals surface area contributed by atoms with Crippen LogP contribution in [0.2, 0.25) is 0 Å². The van der Waals surface area contributed by atoms with Crippen molar-refractivity contribution in [3.8, 4) is 16.2 Å². The van der Waals surface area contributed by atoms with Crippen LogP contribution in [0.1, 0.15) is 54.3 Å². The number of aromatic amines is 1. The first-order valence-electron chi connectivity index (χ1n) is 12.4. The predicted octanol–water partition coefficient (Wildman–Crippen LogP) is 5.53. The second-order valence-electron chi connectivity index (χ2n) is 10.3. The number of pyridine rings is 1. The van der Waals surface area contributed by atoms with Gasteiger partial charge in [0.2, 0.25) is 0 Å². The van der Waals surface area contributed by atoms with E-state index in [2.05, 4.69) is 20.6 Å². The molecule has 1 unspecified atom stereocenters. The van der Waals surface area contributed by atoms with Gasteiger partial charge in [0.25, 0.3) is 11.8 Å². The number of carbonyl (C=O) groups is 2. The van der Waals surface area contributed by atoms with E-state index < -0.39 is 5.60 Å². The molecular formula is C28H28N4O4S. The number of ether oxygens (including phenoxy) is 1. The fourth-order valence-corrected chi connectivity index (χ4v) is 5.79. The highest BCUT2D eigenvalue weighted by atomic mass is 32.1. The summed E-state index contributed by atoms with van der Waals surface area (Å²) in [5.74, 6) is 1.13. The molecule has 4 aromatic rings. The number of anilines is 2. The van der Waals surface area contributed by atoms with Gasteiger partial charge in [-0.15, -0.1) is 11.3 Å². The Bertz CT molecular complexity index is 1500. The number of aromatic nitrogens is 2. The van der Waals surface area contributed by atoms with Crippen molar-refractivity contribution in [2.75, 3.05) is 17.2 Å². The van der Waals surface area contributed by atoms with E-state index in [1.807, 2.05) is 36.4 Å². The Morgan fingerprint density at radius 1 is 1.24 bits per heavy atom. The Morgan fingerprint density at radius 2 is 2.03 bits per heavy atom. The number of aliphatic hydroxyl groups excluding tert-OH is 1. The molecule has 0 saturated heterocycles. The Labute approximate surface area is 218 Å². The third kappa shape index (κ3) is 4.49. The summed E-state index contributed by atoms with van der Waals surface area (Å²) in [6.45, 7) is 3.42. The van der Waals surface area contributed by atoms with Crippen LogP contribution in [0, 0.1) is 5.92 Å². The summed E-state index contributed by atoms with van der Waals surface area (Å²) < 4.78 is 6.03. The van der Waals surface area contributed by atoms with Gasteiger partial charge in [-0.2, -0.15) is 0 Å². The van der Waals surface area contributed by atoms with Crippen LogP contribution < -0.4 is 15.4 Å². The fraction of sp³-hybridized carbons (Fsp3) is 0.321. The second kappa shape index (κ2) is 9.00. The van der Waals surface area contributed by atoms with E-state index in [4.69, 9.17) is 4.74 Å². The molecule has 8 nitrogen and oxygen atoms in total. The molecule has 190 valence electrons. The number of aliphatic hydroxyl groups is 1. The van der Waals surface area contributed by atoms with Gasteiger partial charge in [-0.3, -0.25) is 14.6 Å². The number of benzene rings is 1. The number of thiophene rings is 1. The molecule has 4 N–H and O–H groups in total. The molecule has 4 heterocycles. The topological polar surface area (TPSA) is 116 Å². The van der Waals surface area contributed by atoms with Gasteiger partial charge in [-0.05, 0) is 68.1 Å². The van der Waals surface area contributed by atoms with Crippen molar-refractivity contribution in [3.05, 3.63) is 59.2 Å². The van der Waals surface area contributed by atoms with E-state index >= 15 is 0 Å². The van der Waals surface area contributed by atoms with E-state index in [1.165, 1.54) is 11.3 Å². The van der Waals surface area contributed by atoms with Crippen LogP contribution in [-0.2, 0) is 4.79 Å². The van der Waals surface area contributed by atoms with Crippen molar-refractivity contribution in [2.45, 2.75) is 44.6 Å². The van der Waals surface area contributed by atoms with Gasteiger partial charge >= 0.3 is 0 Å². The first-order valence-corrected chi connectivity index (χ1v) is 13.3. The molecule has 0 spiro atoms. The molecule has 1 atom stereocenters. The molecule has 3 aromatic heterocycles. The third-order valence-corrected chi connectivity index (χ3v) is 8.21. The van der Waals surface area contributed by atoms with Crippen molar-refractivity contribution >= 4 is 45.6 Å². The lowest BCUT2D eigenvalue weighted by molar-refractivity contribution is -0.129. The van der Waals surface area contributed by atoms with Crippen molar-refractivity contribution in [3.63, 3.8) is 0 Å². The summed E-state index contributed by atoms with van der Waals surface area (Å²) in [5.41, 5.74) is 2.20. The highest BCUT2D eigenvalue weighted by Crippen LogP contribution is 2.45. The van der Waals surface area contributed by atoms with Gasteiger partial charge < -0.3 is 25.5 Å². The Hall–Kier alpha value is -3.69. The quantitative estimate of drug-likeness (QED) is 0.258. The van der Waals surface area contributed by atoms with Gasteiger partial charge in [0.1, 0.15) is 11.6 Å². The van der Waals surface area contributed by atoms with Crippen LogP contribution in [0.4, 0.5) is 11.5 Å². The zero-order valence-electron chi connectivity index (χ0n) is 20.6. The van der Waals surface area contributed by atoms with Crippen LogP contribution >= 0.6 is 11.3 Å². The number of rotatable bonds is 7. The first kappa shape index (κ1) is 23.7. The average Bonchev–Trinajstić information content (AvgIpc) is 3.44. The molecule has 1 aromatic carbocycles. The normalized spacial score (nSPS) is 17.1. The molecular weight excluding hydrogens is 488 g/mol. The van der Waals surface area contributed by atoms with Gasteiger partial charge in [0, 0.05) is 39.7 Å². The zero-order chi connectivity index (χ0) is 25.7. The Kier molecular flexibility index (Phi) is 5.77. The molecule has 37 heavy (non-hydrogen) atoms. The highest BCUT2D eigenvalue weighted by molar-refractivity contribution is 7.17. The smallest absolute Gasteiger partial charge is 0.268 e. The number of amides is 2. The van der Waals surface area contributed by atoms with E-state index in [1.54, 1.807) is 26.2 Å². The third-order valence-electron chi connectivity index (χ3n) is 7.08. The summed E-state index contributed by atoms with van der Waals surface area (Å²) in [4.78, 5) is 34.7. The maximum atomic E-state index is 13.3. The van der Waals surface area contributed by atoms with Crippen LogP contribution in [0.15, 0.2) is 48.8 Å². The number of hydrogen-bond acceptors (Lipinski definition) is 6. The minimum atomic E-state index is -0.996. The highest BCUT2D eigenvalue weighted by Gasteiger charge is 2.36. The second-order valence-corrected chi connectivity index (χ2v) is 11.4. The van der Waals surface area contributed by atoms with Gasteiger partial charge in [0.05, 0.1) is 17.2 Å². The molecule has 6 rings (SSSR count). The Morgan fingerprint density at radius 3 is 2.76 bits per heavy atom. The molecule has 2 aliphatic rings. The lowest BCUT2D eigenvalue weighted by atomic mass is 9.92. The van der Waals surface area contributed by atoms with Gasteiger partial charge in [0.15, 0.2) is 5.60 Å². The molecule has 1 fully saturated rings. The number of H-pyrrole nitrogens is 1. The van der Waals surface area contributed by atoms with Gasteiger partial charge in [-0.25, -0.2) is 0 Å². The number of carbonyl (C=O) groups excluding carboxylic acids is 2. The Balaban J connectivity index is 1.38. The average molecular weight is 517 g/mol. The summed E-state index contributed by atoms with van der Waals surface area (Å²) >= 11 is 1.41. The number of nitrogens with zero attached hydrogens (tertiary/aromatic N) is 1. The van der Waals surface area contributed by atoms with Crippen molar-refractivity contribution in [2.24, 2.45) is 5.92 Å². The van der Waals surface area contributed by atoms with Gasteiger partial charge in [-0.1, -0.05) is 12.8 Å². The lowest BCUT2D eigenvalue weighted by Crippen LogP contribution is -2.45. The summed E-state index contributed by atoms with van der Waals surface area (Å²) in [6.07, 6.45) is 6.62. The van der Waals surface area contributed by atoms with Crippen LogP contribution in [0.5, 0.6) is 5.75 Å². The van der Waals surface area contributed by atoms with Crippen LogP contribution in [-0.4, -0.2) is 39.1 Å². The SMILES string of the molecule is CC1(C)Oc2cc3c(C(CO)CC4CC4)c(NC(=O)c4ccc(-c5ccncc5)s4)[nH]c3cc2NC1=O. The first-order chi connectivity index (χ1) is 17.8. The monoisotopic (exact) mass is 516 g/mol. The predicted molar refractivity (Wildman–Crippen MR) is 144 cm³/mol. The zero-order valence-corrected chi connectivity index (χ0v) is 21.4. The fourth-order valence-electron chi connectivity index (χ4n) is 4.89. The minimum absolute atomic E-state index is 0.0301. The van der Waals surface area contributed by atoms with Crippen LogP contribution in [0.25, 0.3) is 21.3 Å². The molecule has 1 aliphatic carbocycles. The molecule has 9 heteroatoms. The number of nitrogens with one attached hydrogen (secondary N) is 3.